The third kappa shape index (κ3) is 2.57. The average molecular weight is 273 g/mol. The smallest absolute Gasteiger partial charge is 0.265 e. The highest BCUT2D eigenvalue weighted by molar-refractivity contribution is 5.97. The number of carbonyl (C=O) groups is 1. The summed E-state index contributed by atoms with van der Waals surface area (Å²) >= 11 is 0. The summed E-state index contributed by atoms with van der Waals surface area (Å²) in [5.41, 5.74) is 0.493. The first-order chi connectivity index (χ1) is 9.58. The number of fused-ring (bicyclic) bond motifs is 1. The van der Waals surface area contributed by atoms with Gasteiger partial charge in [-0.15, -0.1) is 0 Å². The Balaban J connectivity index is 2.57. The van der Waals surface area contributed by atoms with Crippen LogP contribution in [0.5, 0.6) is 0 Å². The Kier molecular flexibility index (Phi) is 4.17. The molecule has 2 rings (SSSR count). The van der Waals surface area contributed by atoms with Crippen LogP contribution in [0.3, 0.4) is 0 Å². The van der Waals surface area contributed by atoms with E-state index in [4.69, 9.17) is 0 Å². The minimum atomic E-state index is -0.322. The normalized spacial score (nSPS) is 12.3. The van der Waals surface area contributed by atoms with Crippen LogP contribution >= 0.6 is 0 Å². The number of rotatable bonds is 4. The van der Waals surface area contributed by atoms with E-state index in [1.54, 1.807) is 18.3 Å². The first-order valence-corrected chi connectivity index (χ1v) is 6.87. The highest BCUT2D eigenvalue weighted by atomic mass is 16.2. The zero-order valence-electron chi connectivity index (χ0n) is 12.0. The quantitative estimate of drug-likeness (QED) is 0.926. The van der Waals surface area contributed by atoms with Crippen molar-refractivity contribution in [3.05, 3.63) is 40.3 Å². The summed E-state index contributed by atoms with van der Waals surface area (Å²) in [6.45, 7) is 6.25. The molecule has 5 nitrogen and oxygen atoms in total. The van der Waals surface area contributed by atoms with Crippen molar-refractivity contribution in [1.29, 1.82) is 0 Å². The maximum absolute atomic E-state index is 12.4. The van der Waals surface area contributed by atoms with E-state index in [1.165, 1.54) is 4.57 Å². The van der Waals surface area contributed by atoms with Gasteiger partial charge < -0.3 is 5.32 Å². The Morgan fingerprint density at radius 3 is 2.85 bits per heavy atom. The van der Waals surface area contributed by atoms with Gasteiger partial charge in [0, 0.05) is 24.2 Å². The fourth-order valence-electron chi connectivity index (χ4n) is 2.07. The van der Waals surface area contributed by atoms with Crippen LogP contribution in [0, 0.1) is 0 Å². The van der Waals surface area contributed by atoms with E-state index in [-0.39, 0.29) is 23.1 Å². The van der Waals surface area contributed by atoms with E-state index in [1.807, 2.05) is 26.8 Å². The SMILES string of the molecule is CCC(C)NC(=O)c1cc2cccnc2n(CC)c1=O. The Morgan fingerprint density at radius 1 is 1.45 bits per heavy atom. The van der Waals surface area contributed by atoms with Gasteiger partial charge in [-0.2, -0.15) is 0 Å². The van der Waals surface area contributed by atoms with Gasteiger partial charge >= 0.3 is 0 Å². The minimum absolute atomic E-state index is 0.0431. The average Bonchev–Trinajstić information content (AvgIpc) is 2.46. The molecule has 0 aliphatic carbocycles. The van der Waals surface area contributed by atoms with Crippen molar-refractivity contribution in [3.63, 3.8) is 0 Å². The van der Waals surface area contributed by atoms with Crippen LogP contribution < -0.4 is 10.9 Å². The fraction of sp³-hybridized carbons (Fsp3) is 0.400. The number of nitrogens with zero attached hydrogens (tertiary/aromatic N) is 2. The molecule has 1 amide bonds. The lowest BCUT2D eigenvalue weighted by Gasteiger charge is -2.13. The van der Waals surface area contributed by atoms with Crippen LogP contribution in [0.15, 0.2) is 29.2 Å². The monoisotopic (exact) mass is 273 g/mol. The molecule has 0 saturated heterocycles. The maximum Gasteiger partial charge on any atom is 0.265 e. The molecule has 0 bridgehead atoms. The van der Waals surface area contributed by atoms with Crippen LogP contribution in [0.2, 0.25) is 0 Å². The number of nitrogens with one attached hydrogen (secondary N) is 1. The second kappa shape index (κ2) is 5.86. The molecule has 2 aromatic heterocycles. The highest BCUT2D eigenvalue weighted by Crippen LogP contribution is 2.11. The van der Waals surface area contributed by atoms with Crippen LogP contribution in [-0.4, -0.2) is 21.5 Å². The first kappa shape index (κ1) is 14.2. The summed E-state index contributed by atoms with van der Waals surface area (Å²) in [5.74, 6) is -0.322. The van der Waals surface area contributed by atoms with E-state index in [2.05, 4.69) is 10.3 Å². The van der Waals surface area contributed by atoms with Crippen molar-refractivity contribution in [2.75, 3.05) is 0 Å². The Morgan fingerprint density at radius 2 is 2.20 bits per heavy atom. The second-order valence-corrected chi connectivity index (χ2v) is 4.81. The summed E-state index contributed by atoms with van der Waals surface area (Å²) in [6.07, 6.45) is 2.47. The van der Waals surface area contributed by atoms with Crippen molar-refractivity contribution < 1.29 is 4.79 Å². The van der Waals surface area contributed by atoms with Crippen molar-refractivity contribution in [3.8, 4) is 0 Å². The van der Waals surface area contributed by atoms with E-state index >= 15 is 0 Å². The summed E-state index contributed by atoms with van der Waals surface area (Å²) < 4.78 is 1.53. The van der Waals surface area contributed by atoms with Crippen LogP contribution in [-0.2, 0) is 6.54 Å². The van der Waals surface area contributed by atoms with E-state index in [0.717, 1.165) is 11.8 Å². The maximum atomic E-state index is 12.4. The molecule has 0 fully saturated rings. The fourth-order valence-corrected chi connectivity index (χ4v) is 2.07. The van der Waals surface area contributed by atoms with Gasteiger partial charge in [0.05, 0.1) is 0 Å². The standard InChI is InChI=1S/C15H19N3O2/c1-4-10(3)17-14(19)12-9-11-7-6-8-16-13(11)18(5-2)15(12)20/h6-10H,4-5H2,1-3H3,(H,17,19). The summed E-state index contributed by atoms with van der Waals surface area (Å²) in [4.78, 5) is 28.8. The molecule has 106 valence electrons. The molecule has 5 heteroatoms. The lowest BCUT2D eigenvalue weighted by molar-refractivity contribution is 0.0937. The van der Waals surface area contributed by atoms with Crippen molar-refractivity contribution in [2.24, 2.45) is 0 Å². The molecule has 0 spiro atoms. The third-order valence-electron chi connectivity index (χ3n) is 3.40. The van der Waals surface area contributed by atoms with Gasteiger partial charge in [0.25, 0.3) is 11.5 Å². The lowest BCUT2D eigenvalue weighted by atomic mass is 10.1. The third-order valence-corrected chi connectivity index (χ3v) is 3.40. The topological polar surface area (TPSA) is 64.0 Å². The Bertz CT molecular complexity index is 691. The van der Waals surface area contributed by atoms with Gasteiger partial charge in [-0.3, -0.25) is 14.2 Å². The predicted molar refractivity (Wildman–Crippen MR) is 78.9 cm³/mol. The van der Waals surface area contributed by atoms with Gasteiger partial charge in [0.1, 0.15) is 11.2 Å². The lowest BCUT2D eigenvalue weighted by Crippen LogP contribution is -2.37. The number of carbonyl (C=O) groups excluding carboxylic acids is 1. The number of aromatic nitrogens is 2. The van der Waals surface area contributed by atoms with Gasteiger partial charge in [-0.05, 0) is 38.5 Å². The van der Waals surface area contributed by atoms with Gasteiger partial charge in [0.15, 0.2) is 0 Å². The predicted octanol–water partition coefficient (Wildman–Crippen LogP) is 1.94. The zero-order valence-corrected chi connectivity index (χ0v) is 12.0. The molecular formula is C15H19N3O2. The first-order valence-electron chi connectivity index (χ1n) is 6.87. The van der Waals surface area contributed by atoms with Gasteiger partial charge in [-0.1, -0.05) is 6.92 Å². The molecule has 1 unspecified atom stereocenters. The summed E-state index contributed by atoms with van der Waals surface area (Å²) in [5, 5.41) is 3.62. The van der Waals surface area contributed by atoms with Crippen molar-refractivity contribution in [1.82, 2.24) is 14.9 Å². The number of hydrogen-bond donors (Lipinski definition) is 1. The number of pyridine rings is 2. The molecule has 0 saturated carbocycles. The molecule has 2 aromatic rings. The van der Waals surface area contributed by atoms with Gasteiger partial charge in [-0.25, -0.2) is 4.98 Å². The van der Waals surface area contributed by atoms with Crippen molar-refractivity contribution in [2.45, 2.75) is 39.8 Å². The molecule has 0 radical (unpaired) electrons. The highest BCUT2D eigenvalue weighted by Gasteiger charge is 2.16. The van der Waals surface area contributed by atoms with Crippen LogP contribution in [0.4, 0.5) is 0 Å². The van der Waals surface area contributed by atoms with E-state index in [9.17, 15) is 9.59 Å². The van der Waals surface area contributed by atoms with Crippen LogP contribution in [0.25, 0.3) is 11.0 Å². The minimum Gasteiger partial charge on any atom is -0.349 e. The summed E-state index contributed by atoms with van der Waals surface area (Å²) in [6, 6.07) is 5.31. The Labute approximate surface area is 117 Å². The van der Waals surface area contributed by atoms with Crippen molar-refractivity contribution >= 4 is 16.9 Å². The Hall–Kier alpha value is -2.17. The molecular weight excluding hydrogens is 254 g/mol. The van der Waals surface area contributed by atoms with Gasteiger partial charge in [0.2, 0.25) is 0 Å². The number of hydrogen-bond acceptors (Lipinski definition) is 3. The number of amides is 1. The van der Waals surface area contributed by atoms with E-state index < -0.39 is 0 Å². The van der Waals surface area contributed by atoms with E-state index in [0.29, 0.717) is 12.2 Å². The zero-order chi connectivity index (χ0) is 14.7. The molecule has 0 aromatic carbocycles. The molecule has 2 heterocycles. The largest absolute Gasteiger partial charge is 0.349 e. The van der Waals surface area contributed by atoms with Crippen LogP contribution in [0.1, 0.15) is 37.6 Å². The molecule has 1 atom stereocenters. The summed E-state index contributed by atoms with van der Waals surface area (Å²) in [7, 11) is 0. The molecule has 20 heavy (non-hydrogen) atoms. The molecule has 0 aliphatic heterocycles. The molecule has 0 aliphatic rings. The molecule has 1 N–H and O–H groups in total. The number of aryl methyl sites for hydroxylation is 1. The second-order valence-electron chi connectivity index (χ2n) is 4.81.